The Balaban J connectivity index is 2.38. The van der Waals surface area contributed by atoms with Gasteiger partial charge in [-0.3, -0.25) is 9.69 Å². The van der Waals surface area contributed by atoms with Crippen LogP contribution in [0.15, 0.2) is 48.8 Å². The summed E-state index contributed by atoms with van der Waals surface area (Å²) in [5.74, 6) is 0.374. The molecule has 0 saturated heterocycles. The molecule has 0 atom stereocenters. The Morgan fingerprint density at radius 2 is 1.67 bits per heavy atom. The number of nitrogens with zero attached hydrogens (tertiary/aromatic N) is 3. The van der Waals surface area contributed by atoms with Crippen molar-refractivity contribution < 1.29 is 4.79 Å². The average Bonchev–Trinajstić information content (AvgIpc) is 2.33. The molecule has 0 aliphatic heterocycles. The SMILES string of the molecule is O=CN(c1ccccc1)c1ncccn1. The summed E-state index contributed by atoms with van der Waals surface area (Å²) >= 11 is 0. The monoisotopic (exact) mass is 199 g/mol. The quantitative estimate of drug-likeness (QED) is 0.708. The van der Waals surface area contributed by atoms with Gasteiger partial charge in [-0.1, -0.05) is 18.2 Å². The summed E-state index contributed by atoms with van der Waals surface area (Å²) in [5, 5.41) is 0. The second-order valence-corrected chi connectivity index (χ2v) is 2.86. The van der Waals surface area contributed by atoms with Crippen LogP contribution in [0.3, 0.4) is 0 Å². The van der Waals surface area contributed by atoms with Gasteiger partial charge in [0.1, 0.15) is 0 Å². The van der Waals surface area contributed by atoms with Gasteiger partial charge in [-0.25, -0.2) is 9.97 Å². The van der Waals surface area contributed by atoms with Gasteiger partial charge in [0.15, 0.2) is 0 Å². The highest BCUT2D eigenvalue weighted by atomic mass is 16.1. The lowest BCUT2D eigenvalue weighted by Crippen LogP contribution is -2.16. The van der Waals surface area contributed by atoms with Crippen molar-refractivity contribution in [2.75, 3.05) is 4.90 Å². The Morgan fingerprint density at radius 1 is 1.00 bits per heavy atom. The van der Waals surface area contributed by atoms with E-state index in [1.807, 2.05) is 30.3 Å². The summed E-state index contributed by atoms with van der Waals surface area (Å²) < 4.78 is 0. The summed E-state index contributed by atoms with van der Waals surface area (Å²) in [6.07, 6.45) is 3.90. The number of anilines is 2. The number of para-hydroxylation sites is 1. The second-order valence-electron chi connectivity index (χ2n) is 2.86. The van der Waals surface area contributed by atoms with E-state index in [2.05, 4.69) is 9.97 Å². The molecule has 74 valence electrons. The summed E-state index contributed by atoms with van der Waals surface area (Å²) in [6.45, 7) is 0. The fourth-order valence-electron chi connectivity index (χ4n) is 1.23. The van der Waals surface area contributed by atoms with Crippen LogP contribution in [0.4, 0.5) is 11.6 Å². The number of hydrogen-bond donors (Lipinski definition) is 0. The van der Waals surface area contributed by atoms with E-state index in [9.17, 15) is 4.79 Å². The van der Waals surface area contributed by atoms with E-state index < -0.39 is 0 Å². The van der Waals surface area contributed by atoms with Crippen molar-refractivity contribution in [3.8, 4) is 0 Å². The number of rotatable bonds is 3. The van der Waals surface area contributed by atoms with E-state index in [4.69, 9.17) is 0 Å². The Labute approximate surface area is 87.2 Å². The third-order valence-electron chi connectivity index (χ3n) is 1.91. The molecule has 1 aromatic carbocycles. The van der Waals surface area contributed by atoms with Gasteiger partial charge in [0.25, 0.3) is 0 Å². The van der Waals surface area contributed by atoms with E-state index in [-0.39, 0.29) is 0 Å². The molecule has 0 aliphatic rings. The van der Waals surface area contributed by atoms with Gasteiger partial charge in [0.05, 0.1) is 5.69 Å². The van der Waals surface area contributed by atoms with Crippen molar-refractivity contribution >= 4 is 18.0 Å². The minimum absolute atomic E-state index is 0.374. The number of carbonyl (C=O) groups excluding carboxylic acids is 1. The zero-order valence-corrected chi connectivity index (χ0v) is 7.95. The van der Waals surface area contributed by atoms with Crippen molar-refractivity contribution in [2.24, 2.45) is 0 Å². The van der Waals surface area contributed by atoms with Crippen molar-refractivity contribution in [1.82, 2.24) is 9.97 Å². The molecule has 0 unspecified atom stereocenters. The minimum atomic E-state index is 0.374. The highest BCUT2D eigenvalue weighted by Gasteiger charge is 2.08. The number of amides is 1. The van der Waals surface area contributed by atoms with Crippen LogP contribution in [0.1, 0.15) is 0 Å². The third kappa shape index (κ3) is 1.99. The maximum Gasteiger partial charge on any atom is 0.236 e. The Kier molecular flexibility index (Phi) is 2.69. The van der Waals surface area contributed by atoms with Crippen LogP contribution in [0.5, 0.6) is 0 Å². The standard InChI is InChI=1S/C11H9N3O/c15-9-14(10-5-2-1-3-6-10)11-12-7-4-8-13-11/h1-9H. The highest BCUT2D eigenvalue weighted by molar-refractivity contribution is 5.83. The second kappa shape index (κ2) is 4.32. The van der Waals surface area contributed by atoms with E-state index in [1.165, 1.54) is 4.90 Å². The molecule has 2 aromatic rings. The van der Waals surface area contributed by atoms with E-state index >= 15 is 0 Å². The Morgan fingerprint density at radius 3 is 2.27 bits per heavy atom. The summed E-state index contributed by atoms with van der Waals surface area (Å²) in [5.41, 5.74) is 0.749. The molecule has 0 saturated carbocycles. The first-order valence-corrected chi connectivity index (χ1v) is 4.48. The number of hydrogen-bond acceptors (Lipinski definition) is 3. The molecular formula is C11H9N3O. The first kappa shape index (κ1) is 9.33. The van der Waals surface area contributed by atoms with Crippen molar-refractivity contribution in [1.29, 1.82) is 0 Å². The molecule has 0 spiro atoms. The maximum absolute atomic E-state index is 11.0. The van der Waals surface area contributed by atoms with E-state index in [0.717, 1.165) is 5.69 Å². The minimum Gasteiger partial charge on any atom is -0.278 e. The molecule has 2 rings (SSSR count). The lowest BCUT2D eigenvalue weighted by molar-refractivity contribution is -0.106. The van der Waals surface area contributed by atoms with Gasteiger partial charge in [-0.15, -0.1) is 0 Å². The molecule has 0 bridgehead atoms. The van der Waals surface area contributed by atoms with Crippen LogP contribution in [0, 0.1) is 0 Å². The smallest absolute Gasteiger partial charge is 0.236 e. The average molecular weight is 199 g/mol. The van der Waals surface area contributed by atoms with Crippen LogP contribution >= 0.6 is 0 Å². The highest BCUT2D eigenvalue weighted by Crippen LogP contribution is 2.18. The summed E-state index contributed by atoms with van der Waals surface area (Å²) in [4.78, 5) is 20.4. The predicted octanol–water partition coefficient (Wildman–Crippen LogP) is 1.77. The van der Waals surface area contributed by atoms with Crippen molar-refractivity contribution in [2.45, 2.75) is 0 Å². The molecule has 1 heterocycles. The normalized spacial score (nSPS) is 9.60. The molecule has 4 nitrogen and oxygen atoms in total. The van der Waals surface area contributed by atoms with Gasteiger partial charge >= 0.3 is 0 Å². The zero-order chi connectivity index (χ0) is 10.5. The lowest BCUT2D eigenvalue weighted by Gasteiger charge is -2.14. The largest absolute Gasteiger partial charge is 0.278 e. The van der Waals surface area contributed by atoms with Crippen LogP contribution in [-0.2, 0) is 4.79 Å². The van der Waals surface area contributed by atoms with Gasteiger partial charge in [-0.2, -0.15) is 0 Å². The van der Waals surface area contributed by atoms with Gasteiger partial charge in [-0.05, 0) is 18.2 Å². The molecule has 1 amide bonds. The molecule has 0 fully saturated rings. The molecule has 1 aromatic heterocycles. The lowest BCUT2D eigenvalue weighted by atomic mass is 10.3. The van der Waals surface area contributed by atoms with Gasteiger partial charge < -0.3 is 0 Å². The first-order valence-electron chi connectivity index (χ1n) is 4.48. The summed E-state index contributed by atoms with van der Waals surface area (Å²) in [6, 6.07) is 11.0. The van der Waals surface area contributed by atoms with Crippen LogP contribution in [-0.4, -0.2) is 16.4 Å². The molecule has 0 radical (unpaired) electrons. The van der Waals surface area contributed by atoms with E-state index in [0.29, 0.717) is 12.4 Å². The fourth-order valence-corrected chi connectivity index (χ4v) is 1.23. The maximum atomic E-state index is 11.0. The zero-order valence-electron chi connectivity index (χ0n) is 7.95. The Bertz CT molecular complexity index is 391. The molecule has 0 aliphatic carbocycles. The van der Waals surface area contributed by atoms with Gasteiger partial charge in [0, 0.05) is 12.4 Å². The first-order chi connectivity index (χ1) is 7.42. The number of aromatic nitrogens is 2. The van der Waals surface area contributed by atoms with E-state index in [1.54, 1.807) is 18.5 Å². The fraction of sp³-hybridized carbons (Fsp3) is 0. The molecule has 15 heavy (non-hydrogen) atoms. The Hall–Kier alpha value is -2.23. The molecule has 4 heteroatoms. The van der Waals surface area contributed by atoms with Crippen LogP contribution < -0.4 is 4.90 Å². The third-order valence-corrected chi connectivity index (χ3v) is 1.91. The van der Waals surface area contributed by atoms with Crippen molar-refractivity contribution in [3.63, 3.8) is 0 Å². The molecular weight excluding hydrogens is 190 g/mol. The topological polar surface area (TPSA) is 46.1 Å². The van der Waals surface area contributed by atoms with Crippen molar-refractivity contribution in [3.05, 3.63) is 48.8 Å². The number of benzene rings is 1. The van der Waals surface area contributed by atoms with Crippen LogP contribution in [0.2, 0.25) is 0 Å². The van der Waals surface area contributed by atoms with Crippen LogP contribution in [0.25, 0.3) is 0 Å². The number of carbonyl (C=O) groups is 1. The predicted molar refractivity (Wildman–Crippen MR) is 56.7 cm³/mol. The summed E-state index contributed by atoms with van der Waals surface area (Å²) in [7, 11) is 0. The van der Waals surface area contributed by atoms with Gasteiger partial charge in [0.2, 0.25) is 12.4 Å². The molecule has 0 N–H and O–H groups in total.